The van der Waals surface area contributed by atoms with Gasteiger partial charge in [-0.1, -0.05) is 18.2 Å². The molecule has 0 bridgehead atoms. The topological polar surface area (TPSA) is 59.0 Å². The molecule has 1 aromatic carbocycles. The first-order valence-corrected chi connectivity index (χ1v) is 6.85. The first kappa shape index (κ1) is 14.8. The van der Waals surface area contributed by atoms with E-state index in [1.165, 1.54) is 5.56 Å². The Kier molecular flexibility index (Phi) is 5.38. The van der Waals surface area contributed by atoms with Gasteiger partial charge >= 0.3 is 5.97 Å². The smallest absolute Gasteiger partial charge is 0.317 e. The highest BCUT2D eigenvalue weighted by atomic mass is 16.5. The average molecular weight is 279 g/mol. The second-order valence-electron chi connectivity index (χ2n) is 4.99. The number of ether oxygens (including phenoxy) is 2. The number of methoxy groups -OCH3 is 1. The number of carbonyl (C=O) groups is 1. The molecule has 0 spiro atoms. The SMILES string of the molecule is COCCN(CC(=O)O)CC1CCOc2ccccc21. The van der Waals surface area contributed by atoms with E-state index >= 15 is 0 Å². The molecular formula is C15H21NO4. The fraction of sp³-hybridized carbons (Fsp3) is 0.533. The Labute approximate surface area is 119 Å². The summed E-state index contributed by atoms with van der Waals surface area (Å²) in [5.74, 6) is 0.434. The van der Waals surface area contributed by atoms with Crippen LogP contribution in [-0.2, 0) is 9.53 Å². The number of hydrogen-bond donors (Lipinski definition) is 1. The number of para-hydroxylation sites is 1. The number of hydrogen-bond acceptors (Lipinski definition) is 4. The van der Waals surface area contributed by atoms with Crippen LogP contribution in [0.3, 0.4) is 0 Å². The lowest BCUT2D eigenvalue weighted by molar-refractivity contribution is -0.138. The monoisotopic (exact) mass is 279 g/mol. The van der Waals surface area contributed by atoms with Crippen LogP contribution in [0.25, 0.3) is 0 Å². The summed E-state index contributed by atoms with van der Waals surface area (Å²) in [6, 6.07) is 7.99. The molecule has 0 radical (unpaired) electrons. The predicted octanol–water partition coefficient (Wildman–Crippen LogP) is 1.59. The molecule has 5 heteroatoms. The van der Waals surface area contributed by atoms with Crippen molar-refractivity contribution < 1.29 is 19.4 Å². The summed E-state index contributed by atoms with van der Waals surface area (Å²) in [5.41, 5.74) is 1.17. The van der Waals surface area contributed by atoms with Crippen LogP contribution in [-0.4, -0.2) is 55.9 Å². The molecule has 1 heterocycles. The number of aliphatic carboxylic acids is 1. The van der Waals surface area contributed by atoms with Gasteiger partial charge in [0.2, 0.25) is 0 Å². The molecule has 1 N–H and O–H groups in total. The van der Waals surface area contributed by atoms with Crippen molar-refractivity contribution in [1.29, 1.82) is 0 Å². The van der Waals surface area contributed by atoms with E-state index in [9.17, 15) is 4.79 Å². The average Bonchev–Trinajstić information content (AvgIpc) is 2.44. The lowest BCUT2D eigenvalue weighted by Gasteiger charge is -2.30. The van der Waals surface area contributed by atoms with Crippen LogP contribution in [0.5, 0.6) is 5.75 Å². The highest BCUT2D eigenvalue weighted by molar-refractivity contribution is 5.69. The largest absolute Gasteiger partial charge is 0.493 e. The van der Waals surface area contributed by atoms with Gasteiger partial charge in [0.1, 0.15) is 5.75 Å². The molecule has 1 unspecified atom stereocenters. The molecule has 20 heavy (non-hydrogen) atoms. The minimum Gasteiger partial charge on any atom is -0.493 e. The molecule has 0 amide bonds. The van der Waals surface area contributed by atoms with Crippen molar-refractivity contribution in [3.63, 3.8) is 0 Å². The molecule has 1 aliphatic heterocycles. The minimum atomic E-state index is -0.804. The molecule has 0 aromatic heterocycles. The van der Waals surface area contributed by atoms with Crippen molar-refractivity contribution in [2.75, 3.05) is 40.0 Å². The molecule has 5 nitrogen and oxygen atoms in total. The lowest BCUT2D eigenvalue weighted by Crippen LogP contribution is -2.37. The first-order valence-electron chi connectivity index (χ1n) is 6.85. The summed E-state index contributed by atoms with van der Waals surface area (Å²) < 4.78 is 10.7. The summed E-state index contributed by atoms with van der Waals surface area (Å²) in [6.07, 6.45) is 0.917. The molecule has 1 aliphatic rings. The Morgan fingerprint density at radius 3 is 3.05 bits per heavy atom. The summed E-state index contributed by atoms with van der Waals surface area (Å²) in [6.45, 7) is 2.62. The normalized spacial score (nSPS) is 17.6. The Morgan fingerprint density at radius 1 is 1.50 bits per heavy atom. The van der Waals surface area contributed by atoms with Crippen molar-refractivity contribution in [1.82, 2.24) is 4.90 Å². The van der Waals surface area contributed by atoms with Crippen molar-refractivity contribution >= 4 is 5.97 Å². The van der Waals surface area contributed by atoms with Crippen LogP contribution < -0.4 is 4.74 Å². The molecule has 0 saturated carbocycles. The number of fused-ring (bicyclic) bond motifs is 1. The summed E-state index contributed by atoms with van der Waals surface area (Å²) >= 11 is 0. The van der Waals surface area contributed by atoms with Crippen molar-refractivity contribution in [2.24, 2.45) is 0 Å². The number of benzene rings is 1. The van der Waals surface area contributed by atoms with Crippen molar-refractivity contribution in [3.8, 4) is 5.75 Å². The zero-order valence-corrected chi connectivity index (χ0v) is 11.7. The quantitative estimate of drug-likeness (QED) is 0.821. The maximum absolute atomic E-state index is 11.0. The lowest BCUT2D eigenvalue weighted by atomic mass is 9.92. The van der Waals surface area contributed by atoms with Crippen LogP contribution in [0.4, 0.5) is 0 Å². The van der Waals surface area contributed by atoms with E-state index in [0.717, 1.165) is 18.7 Å². The number of carboxylic acids is 1. The molecule has 1 aromatic rings. The standard InChI is InChI=1S/C15H21NO4/c1-19-9-7-16(11-15(17)18)10-12-6-8-20-14-5-3-2-4-13(12)14/h2-5,12H,6-11H2,1H3,(H,17,18). The van der Waals surface area contributed by atoms with Crippen LogP contribution in [0, 0.1) is 0 Å². The van der Waals surface area contributed by atoms with E-state index in [1.807, 2.05) is 23.1 Å². The zero-order valence-electron chi connectivity index (χ0n) is 11.7. The molecule has 0 saturated heterocycles. The molecule has 0 fully saturated rings. The maximum Gasteiger partial charge on any atom is 0.317 e. The zero-order chi connectivity index (χ0) is 14.4. The van der Waals surface area contributed by atoms with Crippen molar-refractivity contribution in [2.45, 2.75) is 12.3 Å². The first-order chi connectivity index (χ1) is 9.70. The van der Waals surface area contributed by atoms with Gasteiger partial charge in [-0.25, -0.2) is 0 Å². The summed E-state index contributed by atoms with van der Waals surface area (Å²) in [7, 11) is 1.63. The van der Waals surface area contributed by atoms with Crippen LogP contribution in [0.1, 0.15) is 17.9 Å². The third-order valence-electron chi connectivity index (χ3n) is 3.53. The highest BCUT2D eigenvalue weighted by Gasteiger charge is 2.24. The predicted molar refractivity (Wildman–Crippen MR) is 75.2 cm³/mol. The van der Waals surface area contributed by atoms with Crippen molar-refractivity contribution in [3.05, 3.63) is 29.8 Å². The second kappa shape index (κ2) is 7.26. The Morgan fingerprint density at radius 2 is 2.30 bits per heavy atom. The Bertz CT molecular complexity index is 449. The number of rotatable bonds is 7. The Balaban J connectivity index is 2.04. The van der Waals surface area contributed by atoms with E-state index in [-0.39, 0.29) is 6.54 Å². The van der Waals surface area contributed by atoms with Gasteiger partial charge < -0.3 is 14.6 Å². The van der Waals surface area contributed by atoms with Gasteiger partial charge in [0.25, 0.3) is 0 Å². The van der Waals surface area contributed by atoms with Gasteiger partial charge in [-0.3, -0.25) is 9.69 Å². The van der Waals surface area contributed by atoms with Gasteiger partial charge in [0, 0.05) is 26.1 Å². The summed E-state index contributed by atoms with van der Waals surface area (Å²) in [4.78, 5) is 12.9. The van der Waals surface area contributed by atoms with E-state index in [2.05, 4.69) is 6.07 Å². The highest BCUT2D eigenvalue weighted by Crippen LogP contribution is 2.33. The van der Waals surface area contributed by atoms with Gasteiger partial charge in [0.05, 0.1) is 19.8 Å². The van der Waals surface area contributed by atoms with Crippen LogP contribution in [0.2, 0.25) is 0 Å². The van der Waals surface area contributed by atoms with Crippen LogP contribution >= 0.6 is 0 Å². The maximum atomic E-state index is 11.0. The molecular weight excluding hydrogens is 258 g/mol. The van der Waals surface area contributed by atoms with Gasteiger partial charge in [-0.2, -0.15) is 0 Å². The second-order valence-corrected chi connectivity index (χ2v) is 4.99. The number of nitrogens with zero attached hydrogens (tertiary/aromatic N) is 1. The molecule has 2 rings (SSSR count). The van der Waals surface area contributed by atoms with E-state index in [1.54, 1.807) is 7.11 Å². The van der Waals surface area contributed by atoms with Crippen LogP contribution in [0.15, 0.2) is 24.3 Å². The summed E-state index contributed by atoms with van der Waals surface area (Å²) in [5, 5.41) is 9.00. The Hall–Kier alpha value is -1.59. The number of carboxylic acid groups (broad SMARTS) is 1. The minimum absolute atomic E-state index is 0.0445. The molecule has 0 aliphatic carbocycles. The fourth-order valence-corrected chi connectivity index (χ4v) is 2.56. The van der Waals surface area contributed by atoms with Gasteiger partial charge in [-0.05, 0) is 18.1 Å². The third kappa shape index (κ3) is 3.95. The van der Waals surface area contributed by atoms with Gasteiger partial charge in [-0.15, -0.1) is 0 Å². The van der Waals surface area contributed by atoms with E-state index < -0.39 is 5.97 Å². The molecule has 110 valence electrons. The van der Waals surface area contributed by atoms with E-state index in [0.29, 0.717) is 25.7 Å². The fourth-order valence-electron chi connectivity index (χ4n) is 2.56. The van der Waals surface area contributed by atoms with Gasteiger partial charge in [0.15, 0.2) is 0 Å². The third-order valence-corrected chi connectivity index (χ3v) is 3.53. The molecule has 1 atom stereocenters. The van der Waals surface area contributed by atoms with E-state index in [4.69, 9.17) is 14.6 Å².